The number of aliphatic hydroxyl groups excluding tert-OH is 1. The van der Waals surface area contributed by atoms with E-state index in [1.165, 1.54) is 51.0 Å². The molecule has 0 radical (unpaired) electrons. The average molecular weight is 348 g/mol. The molecule has 25 heavy (non-hydrogen) atoms. The summed E-state index contributed by atoms with van der Waals surface area (Å²) in [6, 6.07) is 0. The van der Waals surface area contributed by atoms with Gasteiger partial charge in [-0.25, -0.2) is 4.79 Å². The Balaban J connectivity index is 3.83. The first-order chi connectivity index (χ1) is 12.1. The molecule has 0 fully saturated rings. The number of carbonyl (C=O) groups is 1. The predicted octanol–water partition coefficient (Wildman–Crippen LogP) is 4.67. The largest absolute Gasteiger partial charge is 0.478 e. The van der Waals surface area contributed by atoms with Gasteiger partial charge in [0.05, 0.1) is 5.57 Å². The molecule has 3 N–H and O–H groups in total. The molecule has 0 atom stereocenters. The lowest BCUT2D eigenvalue weighted by Gasteiger charge is -2.01. The molecule has 0 heterocycles. The fourth-order valence-electron chi connectivity index (χ4n) is 2.14. The van der Waals surface area contributed by atoms with Crippen LogP contribution in [0.1, 0.15) is 58.3 Å². The number of rotatable bonds is 14. The molecule has 0 saturated heterocycles. The Morgan fingerprint density at radius 1 is 0.800 bits per heavy atom. The smallest absolute Gasteiger partial charge is 0.336 e. The molecule has 0 rings (SSSR count). The van der Waals surface area contributed by atoms with E-state index >= 15 is 0 Å². The molecule has 0 spiro atoms. The normalized spacial score (nSPS) is 13.4. The molecule has 0 bridgehead atoms. The van der Waals surface area contributed by atoms with Crippen molar-refractivity contribution in [1.82, 2.24) is 0 Å². The van der Waals surface area contributed by atoms with Crippen LogP contribution in [-0.4, -0.2) is 27.6 Å². The molecule has 0 aliphatic carbocycles. The fraction of sp³-hybridized carbons (Fsp3) is 0.476. The Morgan fingerprint density at radius 2 is 1.32 bits per heavy atom. The van der Waals surface area contributed by atoms with Gasteiger partial charge in [0, 0.05) is 0 Å². The second kappa shape index (κ2) is 16.9. The van der Waals surface area contributed by atoms with Crippen molar-refractivity contribution in [1.29, 1.82) is 0 Å². The summed E-state index contributed by atoms with van der Waals surface area (Å²) in [4.78, 5) is 10.7. The maximum absolute atomic E-state index is 10.7. The third kappa shape index (κ3) is 15.4. The van der Waals surface area contributed by atoms with Crippen molar-refractivity contribution in [3.63, 3.8) is 0 Å². The van der Waals surface area contributed by atoms with Crippen molar-refractivity contribution in [3.05, 3.63) is 60.3 Å². The summed E-state index contributed by atoms with van der Waals surface area (Å²) in [5.41, 5.74) is -0.464. The van der Waals surface area contributed by atoms with Crippen LogP contribution in [0.4, 0.5) is 0 Å². The lowest BCUT2D eigenvalue weighted by atomic mass is 10.1. The second-order valence-electron chi connectivity index (χ2n) is 5.79. The lowest BCUT2D eigenvalue weighted by Crippen LogP contribution is -2.16. The minimum atomic E-state index is -1.98. The number of unbranched alkanes of at least 4 members (excludes halogenated alkanes) is 7. The summed E-state index contributed by atoms with van der Waals surface area (Å²) in [6.07, 6.45) is 24.2. The Labute approximate surface area is 151 Å². The van der Waals surface area contributed by atoms with Crippen LogP contribution in [0.3, 0.4) is 0 Å². The Kier molecular flexibility index (Phi) is 15.6. The van der Waals surface area contributed by atoms with Crippen LogP contribution in [0.5, 0.6) is 0 Å². The van der Waals surface area contributed by atoms with Gasteiger partial charge in [0.1, 0.15) is 0 Å². The Hall–Kier alpha value is -1.91. The minimum absolute atomic E-state index is 0.464. The van der Waals surface area contributed by atoms with Crippen molar-refractivity contribution in [3.8, 4) is 0 Å². The summed E-state index contributed by atoms with van der Waals surface area (Å²) in [6.45, 7) is 2.23. The van der Waals surface area contributed by atoms with Crippen LogP contribution in [0.2, 0.25) is 0 Å². The van der Waals surface area contributed by atoms with Gasteiger partial charge in [-0.2, -0.15) is 0 Å². The SMILES string of the molecule is CCCCCCCCCC=CC=CC=CC=CC=C(C(=O)O)C(O)O. The number of hydrogen-bond acceptors (Lipinski definition) is 3. The second-order valence-corrected chi connectivity index (χ2v) is 5.79. The molecular formula is C21H32O4. The quantitative estimate of drug-likeness (QED) is 0.184. The molecule has 4 heteroatoms. The molecular weight excluding hydrogens is 316 g/mol. The number of carboxylic acid groups (broad SMARTS) is 1. The van der Waals surface area contributed by atoms with Crippen LogP contribution in [0.25, 0.3) is 0 Å². The standard InChI is InChI=1S/C21H32O4/c1-2-3-4-5-6-7-8-9-10-11-12-13-14-15-16-17-18-19(20(22)23)21(24)25/h10-18,20,22-23H,2-9H2,1H3,(H,24,25). The summed E-state index contributed by atoms with van der Waals surface area (Å²) >= 11 is 0. The third-order valence-corrected chi connectivity index (χ3v) is 3.58. The van der Waals surface area contributed by atoms with Gasteiger partial charge in [0.25, 0.3) is 0 Å². The van der Waals surface area contributed by atoms with Crippen molar-refractivity contribution in [2.45, 2.75) is 64.6 Å². The zero-order valence-corrected chi connectivity index (χ0v) is 15.2. The monoisotopic (exact) mass is 348 g/mol. The minimum Gasteiger partial charge on any atom is -0.478 e. The summed E-state index contributed by atoms with van der Waals surface area (Å²) < 4.78 is 0. The Morgan fingerprint density at radius 3 is 1.88 bits per heavy atom. The average Bonchev–Trinajstić information content (AvgIpc) is 2.57. The van der Waals surface area contributed by atoms with Crippen LogP contribution in [0, 0.1) is 0 Å². The van der Waals surface area contributed by atoms with Gasteiger partial charge < -0.3 is 15.3 Å². The highest BCUT2D eigenvalue weighted by Gasteiger charge is 2.13. The lowest BCUT2D eigenvalue weighted by molar-refractivity contribution is -0.136. The van der Waals surface area contributed by atoms with Crippen molar-refractivity contribution in [2.24, 2.45) is 0 Å². The number of hydrogen-bond donors (Lipinski definition) is 3. The van der Waals surface area contributed by atoms with E-state index in [1.54, 1.807) is 12.2 Å². The van der Waals surface area contributed by atoms with Crippen LogP contribution in [-0.2, 0) is 4.79 Å². The number of carboxylic acids is 1. The molecule has 0 saturated carbocycles. The van der Waals surface area contributed by atoms with E-state index in [2.05, 4.69) is 13.0 Å². The van der Waals surface area contributed by atoms with Crippen molar-refractivity contribution in [2.75, 3.05) is 0 Å². The molecule has 4 nitrogen and oxygen atoms in total. The van der Waals surface area contributed by atoms with Gasteiger partial charge in [-0.3, -0.25) is 0 Å². The number of aliphatic carboxylic acids is 1. The molecule has 0 aliphatic heterocycles. The molecule has 0 unspecified atom stereocenters. The van der Waals surface area contributed by atoms with E-state index in [0.717, 1.165) is 12.5 Å². The molecule has 0 amide bonds. The first-order valence-electron chi connectivity index (χ1n) is 9.05. The number of allylic oxidation sites excluding steroid dienone is 9. The van der Waals surface area contributed by atoms with Crippen LogP contribution < -0.4 is 0 Å². The van der Waals surface area contributed by atoms with E-state index in [-0.39, 0.29) is 0 Å². The van der Waals surface area contributed by atoms with Gasteiger partial charge in [0.15, 0.2) is 6.29 Å². The molecule has 0 aromatic heterocycles. The summed E-state index contributed by atoms with van der Waals surface area (Å²) in [5, 5.41) is 26.4. The summed E-state index contributed by atoms with van der Waals surface area (Å²) in [5.74, 6) is -1.35. The van der Waals surface area contributed by atoms with Crippen LogP contribution >= 0.6 is 0 Å². The van der Waals surface area contributed by atoms with E-state index in [9.17, 15) is 4.79 Å². The van der Waals surface area contributed by atoms with E-state index in [4.69, 9.17) is 15.3 Å². The van der Waals surface area contributed by atoms with E-state index in [1.807, 2.05) is 24.3 Å². The van der Waals surface area contributed by atoms with Gasteiger partial charge in [-0.05, 0) is 18.9 Å². The van der Waals surface area contributed by atoms with E-state index < -0.39 is 17.8 Å². The molecule has 0 aliphatic rings. The van der Waals surface area contributed by atoms with Crippen molar-refractivity contribution >= 4 is 5.97 Å². The van der Waals surface area contributed by atoms with Gasteiger partial charge in [-0.15, -0.1) is 0 Å². The predicted molar refractivity (Wildman–Crippen MR) is 103 cm³/mol. The Bertz CT molecular complexity index is 482. The highest BCUT2D eigenvalue weighted by Crippen LogP contribution is 2.08. The first-order valence-corrected chi connectivity index (χ1v) is 9.05. The zero-order chi connectivity index (χ0) is 18.8. The first kappa shape index (κ1) is 23.1. The van der Waals surface area contributed by atoms with Crippen LogP contribution in [0.15, 0.2) is 60.3 Å². The highest BCUT2D eigenvalue weighted by molar-refractivity contribution is 5.87. The zero-order valence-electron chi connectivity index (χ0n) is 15.2. The molecule has 0 aromatic rings. The topological polar surface area (TPSA) is 77.8 Å². The van der Waals surface area contributed by atoms with Gasteiger partial charge in [-0.1, -0.05) is 94.1 Å². The molecule has 0 aromatic carbocycles. The number of aliphatic hydroxyl groups is 2. The fourth-order valence-corrected chi connectivity index (χ4v) is 2.14. The maximum atomic E-state index is 10.7. The maximum Gasteiger partial charge on any atom is 0.336 e. The summed E-state index contributed by atoms with van der Waals surface area (Å²) in [7, 11) is 0. The third-order valence-electron chi connectivity index (χ3n) is 3.58. The van der Waals surface area contributed by atoms with Gasteiger partial charge >= 0.3 is 5.97 Å². The molecule has 140 valence electrons. The van der Waals surface area contributed by atoms with E-state index in [0.29, 0.717) is 0 Å². The van der Waals surface area contributed by atoms with Gasteiger partial charge in [0.2, 0.25) is 0 Å². The van der Waals surface area contributed by atoms with Crippen molar-refractivity contribution < 1.29 is 20.1 Å². The highest BCUT2D eigenvalue weighted by atomic mass is 16.5.